The van der Waals surface area contributed by atoms with Crippen molar-refractivity contribution >= 4 is 5.97 Å². The summed E-state index contributed by atoms with van der Waals surface area (Å²) in [7, 11) is 0. The molecule has 1 aliphatic rings. The fourth-order valence-electron chi connectivity index (χ4n) is 1.72. The van der Waals surface area contributed by atoms with Crippen molar-refractivity contribution in [3.63, 3.8) is 0 Å². The van der Waals surface area contributed by atoms with Crippen LogP contribution in [0.3, 0.4) is 0 Å². The second-order valence-electron chi connectivity index (χ2n) is 3.70. The van der Waals surface area contributed by atoms with Crippen LogP contribution in [0.5, 0.6) is 0 Å². The van der Waals surface area contributed by atoms with Gasteiger partial charge in [0.25, 0.3) is 0 Å². The molecule has 2 unspecified atom stereocenters. The van der Waals surface area contributed by atoms with E-state index < -0.39 is 5.97 Å². The lowest BCUT2D eigenvalue weighted by Crippen LogP contribution is -2.44. The number of rotatable bonds is 3. The third-order valence-electron chi connectivity index (χ3n) is 2.69. The first-order valence-corrected chi connectivity index (χ1v) is 4.73. The first-order valence-electron chi connectivity index (χ1n) is 4.73. The van der Waals surface area contributed by atoms with Gasteiger partial charge in [-0.1, -0.05) is 0 Å². The molecule has 2 atom stereocenters. The minimum atomic E-state index is -0.713. The molecule has 13 heavy (non-hydrogen) atoms. The highest BCUT2D eigenvalue weighted by atomic mass is 16.4. The molecule has 2 N–H and O–H groups in total. The Bertz CT molecular complexity index is 184. The lowest BCUT2D eigenvalue weighted by Gasteiger charge is -2.34. The van der Waals surface area contributed by atoms with Crippen molar-refractivity contribution in [2.75, 3.05) is 19.7 Å². The van der Waals surface area contributed by atoms with Gasteiger partial charge in [-0.3, -0.25) is 9.69 Å². The van der Waals surface area contributed by atoms with Crippen LogP contribution >= 0.6 is 0 Å². The van der Waals surface area contributed by atoms with Crippen LogP contribution in [0.1, 0.15) is 19.8 Å². The Balaban J connectivity index is 2.46. The molecule has 0 spiro atoms. The maximum Gasteiger partial charge on any atom is 0.307 e. The van der Waals surface area contributed by atoms with E-state index in [0.717, 1.165) is 19.4 Å². The lowest BCUT2D eigenvalue weighted by molar-refractivity contribution is -0.144. The Morgan fingerprint density at radius 3 is 2.92 bits per heavy atom. The Labute approximate surface area is 78.2 Å². The standard InChI is InChI=1S/C9H17NO3/c1-7(6-11)10-4-2-3-8(5-10)9(12)13/h7-8,11H,2-6H2,1H3,(H,12,13). The van der Waals surface area contributed by atoms with Gasteiger partial charge in [-0.2, -0.15) is 0 Å². The van der Waals surface area contributed by atoms with E-state index in [4.69, 9.17) is 10.2 Å². The van der Waals surface area contributed by atoms with E-state index in [0.29, 0.717) is 6.54 Å². The van der Waals surface area contributed by atoms with Gasteiger partial charge < -0.3 is 10.2 Å². The second kappa shape index (κ2) is 4.58. The molecule has 1 saturated heterocycles. The van der Waals surface area contributed by atoms with Crippen LogP contribution < -0.4 is 0 Å². The summed E-state index contributed by atoms with van der Waals surface area (Å²) >= 11 is 0. The third kappa shape index (κ3) is 2.67. The predicted molar refractivity (Wildman–Crippen MR) is 48.5 cm³/mol. The molecule has 0 aromatic heterocycles. The van der Waals surface area contributed by atoms with Crippen molar-refractivity contribution in [3.8, 4) is 0 Å². The summed E-state index contributed by atoms with van der Waals surface area (Å²) in [4.78, 5) is 12.8. The number of likely N-dealkylation sites (tertiary alicyclic amines) is 1. The number of carboxylic acid groups (broad SMARTS) is 1. The number of aliphatic hydroxyl groups is 1. The third-order valence-corrected chi connectivity index (χ3v) is 2.69. The SMILES string of the molecule is CC(CO)N1CCCC(C(=O)O)C1. The zero-order valence-corrected chi connectivity index (χ0v) is 7.94. The molecule has 1 rings (SSSR count). The lowest BCUT2D eigenvalue weighted by atomic mass is 9.97. The van der Waals surface area contributed by atoms with Crippen molar-refractivity contribution in [1.82, 2.24) is 4.90 Å². The summed E-state index contributed by atoms with van der Waals surface area (Å²) in [6, 6.07) is 0.0853. The Morgan fingerprint density at radius 1 is 1.69 bits per heavy atom. The minimum absolute atomic E-state index is 0.0853. The maximum absolute atomic E-state index is 10.7. The van der Waals surface area contributed by atoms with Gasteiger partial charge in [0.05, 0.1) is 12.5 Å². The molecule has 0 radical (unpaired) electrons. The highest BCUT2D eigenvalue weighted by molar-refractivity contribution is 5.70. The van der Waals surface area contributed by atoms with E-state index in [9.17, 15) is 4.79 Å². The van der Waals surface area contributed by atoms with Crippen molar-refractivity contribution in [3.05, 3.63) is 0 Å². The molecule has 0 amide bonds. The van der Waals surface area contributed by atoms with Gasteiger partial charge in [0.1, 0.15) is 0 Å². The summed E-state index contributed by atoms with van der Waals surface area (Å²) in [6.45, 7) is 3.51. The molecule has 1 fully saturated rings. The Morgan fingerprint density at radius 2 is 2.38 bits per heavy atom. The van der Waals surface area contributed by atoms with Crippen LogP contribution in [0, 0.1) is 5.92 Å². The van der Waals surface area contributed by atoms with Crippen molar-refractivity contribution in [1.29, 1.82) is 0 Å². The average molecular weight is 187 g/mol. The molecule has 1 heterocycles. The average Bonchev–Trinajstić information content (AvgIpc) is 2.17. The summed E-state index contributed by atoms with van der Waals surface area (Å²) < 4.78 is 0. The van der Waals surface area contributed by atoms with Crippen LogP contribution in [0.25, 0.3) is 0 Å². The van der Waals surface area contributed by atoms with Gasteiger partial charge in [0, 0.05) is 12.6 Å². The van der Waals surface area contributed by atoms with Crippen LogP contribution in [0.2, 0.25) is 0 Å². The maximum atomic E-state index is 10.7. The Hall–Kier alpha value is -0.610. The largest absolute Gasteiger partial charge is 0.481 e. The monoisotopic (exact) mass is 187 g/mol. The predicted octanol–water partition coefficient (Wildman–Crippen LogP) is 0.164. The van der Waals surface area contributed by atoms with Gasteiger partial charge in [-0.25, -0.2) is 0 Å². The minimum Gasteiger partial charge on any atom is -0.481 e. The summed E-state index contributed by atoms with van der Waals surface area (Å²) in [6.07, 6.45) is 1.69. The quantitative estimate of drug-likeness (QED) is 0.661. The fraction of sp³-hybridized carbons (Fsp3) is 0.889. The van der Waals surface area contributed by atoms with Gasteiger partial charge in [-0.05, 0) is 26.3 Å². The van der Waals surface area contributed by atoms with E-state index in [-0.39, 0.29) is 18.6 Å². The van der Waals surface area contributed by atoms with E-state index in [1.807, 2.05) is 11.8 Å². The van der Waals surface area contributed by atoms with E-state index in [1.165, 1.54) is 0 Å². The molecule has 0 bridgehead atoms. The number of aliphatic hydroxyl groups excluding tert-OH is 1. The highest BCUT2D eigenvalue weighted by Gasteiger charge is 2.27. The molecule has 4 heteroatoms. The summed E-state index contributed by atoms with van der Waals surface area (Å²) in [5.41, 5.74) is 0. The number of aliphatic carboxylic acids is 1. The number of nitrogens with zero attached hydrogens (tertiary/aromatic N) is 1. The van der Waals surface area contributed by atoms with Gasteiger partial charge >= 0.3 is 5.97 Å². The second-order valence-corrected chi connectivity index (χ2v) is 3.70. The molecule has 76 valence electrons. The molecule has 1 aliphatic heterocycles. The highest BCUT2D eigenvalue weighted by Crippen LogP contribution is 2.18. The number of hydrogen-bond donors (Lipinski definition) is 2. The number of piperidine rings is 1. The van der Waals surface area contributed by atoms with E-state index >= 15 is 0 Å². The number of carboxylic acids is 1. The molecular formula is C9H17NO3. The Kier molecular flexibility index (Phi) is 3.69. The zero-order valence-electron chi connectivity index (χ0n) is 7.94. The van der Waals surface area contributed by atoms with Gasteiger partial charge in [0.15, 0.2) is 0 Å². The first kappa shape index (κ1) is 10.5. The van der Waals surface area contributed by atoms with Crippen molar-refractivity contribution in [2.45, 2.75) is 25.8 Å². The van der Waals surface area contributed by atoms with Crippen LogP contribution in [-0.4, -0.2) is 46.8 Å². The smallest absolute Gasteiger partial charge is 0.307 e. The van der Waals surface area contributed by atoms with Gasteiger partial charge in [0.2, 0.25) is 0 Å². The molecule has 0 aromatic carbocycles. The topological polar surface area (TPSA) is 60.8 Å². The normalized spacial score (nSPS) is 27.1. The molecule has 4 nitrogen and oxygen atoms in total. The molecule has 0 saturated carbocycles. The van der Waals surface area contributed by atoms with Crippen molar-refractivity contribution < 1.29 is 15.0 Å². The van der Waals surface area contributed by atoms with Crippen LogP contribution in [-0.2, 0) is 4.79 Å². The zero-order chi connectivity index (χ0) is 9.84. The van der Waals surface area contributed by atoms with E-state index in [1.54, 1.807) is 0 Å². The van der Waals surface area contributed by atoms with Gasteiger partial charge in [-0.15, -0.1) is 0 Å². The van der Waals surface area contributed by atoms with Crippen molar-refractivity contribution in [2.24, 2.45) is 5.92 Å². The summed E-state index contributed by atoms with van der Waals surface area (Å²) in [5.74, 6) is -0.961. The molecular weight excluding hydrogens is 170 g/mol. The number of hydrogen-bond acceptors (Lipinski definition) is 3. The molecule has 0 aliphatic carbocycles. The molecule has 0 aromatic rings. The van der Waals surface area contributed by atoms with Crippen LogP contribution in [0.4, 0.5) is 0 Å². The van der Waals surface area contributed by atoms with Crippen LogP contribution in [0.15, 0.2) is 0 Å². The first-order chi connectivity index (χ1) is 6.15. The summed E-state index contributed by atoms with van der Waals surface area (Å²) in [5, 5.41) is 17.7. The fourth-order valence-corrected chi connectivity index (χ4v) is 1.72. The van der Waals surface area contributed by atoms with E-state index in [2.05, 4.69) is 0 Å². The number of carbonyl (C=O) groups is 1.